The molecule has 4 heteroatoms. The number of guanidine groups is 1. The van der Waals surface area contributed by atoms with E-state index in [9.17, 15) is 0 Å². The van der Waals surface area contributed by atoms with Gasteiger partial charge in [0.1, 0.15) is 0 Å². The molecule has 0 amide bonds. The highest BCUT2D eigenvalue weighted by atomic mass is 15.3. The van der Waals surface area contributed by atoms with Gasteiger partial charge in [0.2, 0.25) is 0 Å². The molecule has 2 aliphatic rings. The molecule has 3 rings (SSSR count). The summed E-state index contributed by atoms with van der Waals surface area (Å²) < 4.78 is 0. The number of fused-ring (bicyclic) bond motifs is 1. The van der Waals surface area contributed by atoms with Gasteiger partial charge in [-0.1, -0.05) is 37.1 Å². The molecule has 1 aliphatic carbocycles. The molecule has 1 N–H and O–H groups in total. The Hall–Kier alpha value is -1.55. The summed E-state index contributed by atoms with van der Waals surface area (Å²) in [6.07, 6.45) is 5.65. The van der Waals surface area contributed by atoms with Crippen molar-refractivity contribution >= 4 is 5.96 Å². The van der Waals surface area contributed by atoms with E-state index < -0.39 is 0 Å². The molecule has 0 bridgehead atoms. The van der Waals surface area contributed by atoms with E-state index in [-0.39, 0.29) is 0 Å². The van der Waals surface area contributed by atoms with E-state index in [1.807, 2.05) is 7.05 Å². The third kappa shape index (κ3) is 4.29. The summed E-state index contributed by atoms with van der Waals surface area (Å²) in [4.78, 5) is 9.19. The fourth-order valence-corrected chi connectivity index (χ4v) is 4.22. The van der Waals surface area contributed by atoms with Crippen molar-refractivity contribution in [2.24, 2.45) is 16.8 Å². The van der Waals surface area contributed by atoms with Crippen molar-refractivity contribution in [3.05, 3.63) is 35.4 Å². The lowest BCUT2D eigenvalue weighted by Crippen LogP contribution is -2.39. The first-order valence-electron chi connectivity index (χ1n) is 9.34. The second kappa shape index (κ2) is 8.02. The average molecular weight is 329 g/mol. The summed E-state index contributed by atoms with van der Waals surface area (Å²) in [5.74, 6) is 2.85. The predicted octanol–water partition coefficient (Wildman–Crippen LogP) is 2.95. The largest absolute Gasteiger partial charge is 0.352 e. The molecular formula is C20H32N4. The fraction of sp³-hybridized carbons (Fsp3) is 0.650. The van der Waals surface area contributed by atoms with Crippen LogP contribution in [-0.4, -0.2) is 50.0 Å². The van der Waals surface area contributed by atoms with E-state index in [2.05, 4.69) is 58.5 Å². The summed E-state index contributed by atoms with van der Waals surface area (Å²) in [6, 6.07) is 8.90. The molecule has 0 aromatic heterocycles. The zero-order chi connectivity index (χ0) is 16.9. The molecule has 1 saturated heterocycles. The van der Waals surface area contributed by atoms with Crippen LogP contribution in [0.2, 0.25) is 0 Å². The van der Waals surface area contributed by atoms with E-state index in [0.717, 1.165) is 30.9 Å². The zero-order valence-electron chi connectivity index (χ0n) is 15.5. The third-order valence-electron chi connectivity index (χ3n) is 5.46. The highest BCUT2D eigenvalue weighted by Crippen LogP contribution is 2.35. The maximum absolute atomic E-state index is 4.52. The van der Waals surface area contributed by atoms with Crippen LogP contribution in [0.25, 0.3) is 0 Å². The van der Waals surface area contributed by atoms with Gasteiger partial charge < -0.3 is 15.1 Å². The number of hydrogen-bond donors (Lipinski definition) is 1. The van der Waals surface area contributed by atoms with Gasteiger partial charge in [0.05, 0.1) is 0 Å². The lowest BCUT2D eigenvalue weighted by atomic mass is 9.82. The first-order chi connectivity index (χ1) is 11.7. The smallest absolute Gasteiger partial charge is 0.193 e. The molecule has 0 radical (unpaired) electrons. The minimum absolute atomic E-state index is 0.848. The minimum Gasteiger partial charge on any atom is -0.352 e. The number of hydrogen-bond acceptors (Lipinski definition) is 2. The average Bonchev–Trinajstić information content (AvgIpc) is 3.00. The highest BCUT2D eigenvalue weighted by Gasteiger charge is 2.35. The van der Waals surface area contributed by atoms with Gasteiger partial charge in [-0.2, -0.15) is 0 Å². The monoisotopic (exact) mass is 328 g/mol. The molecule has 0 spiro atoms. The molecule has 1 aromatic carbocycles. The third-order valence-corrected chi connectivity index (χ3v) is 5.46. The number of aliphatic imine (C=N–C) groups is 1. The molecule has 1 aromatic rings. The van der Waals surface area contributed by atoms with Gasteiger partial charge in [-0.25, -0.2) is 0 Å². The van der Waals surface area contributed by atoms with Gasteiger partial charge in [-0.15, -0.1) is 0 Å². The van der Waals surface area contributed by atoms with E-state index in [1.165, 1.54) is 49.9 Å². The van der Waals surface area contributed by atoms with Gasteiger partial charge in [0, 0.05) is 33.2 Å². The molecule has 2 unspecified atom stereocenters. The quantitative estimate of drug-likeness (QED) is 0.681. The standard InChI is InChI=1S/C20H32N4/c1-21-20(24-14-18-6-4-5-7-19(18)15-24)22-12-16-8-10-17(11-9-16)13-23(2)3/h8-11,18-19H,4-7,12-15H2,1-3H3,(H,21,22). The maximum Gasteiger partial charge on any atom is 0.193 e. The van der Waals surface area contributed by atoms with Crippen molar-refractivity contribution in [1.29, 1.82) is 0 Å². The molecule has 1 saturated carbocycles. The Morgan fingerprint density at radius 1 is 1.08 bits per heavy atom. The highest BCUT2D eigenvalue weighted by molar-refractivity contribution is 5.80. The van der Waals surface area contributed by atoms with Crippen LogP contribution in [-0.2, 0) is 13.1 Å². The lowest BCUT2D eigenvalue weighted by molar-refractivity contribution is 0.299. The van der Waals surface area contributed by atoms with E-state index in [0.29, 0.717) is 0 Å². The summed E-state index contributed by atoms with van der Waals surface area (Å²) >= 11 is 0. The van der Waals surface area contributed by atoms with Crippen molar-refractivity contribution in [2.45, 2.75) is 38.8 Å². The van der Waals surface area contributed by atoms with E-state index >= 15 is 0 Å². The first-order valence-corrected chi connectivity index (χ1v) is 9.34. The summed E-state index contributed by atoms with van der Waals surface area (Å²) in [5, 5.41) is 3.56. The van der Waals surface area contributed by atoms with Gasteiger partial charge in [-0.3, -0.25) is 4.99 Å². The van der Waals surface area contributed by atoms with Crippen molar-refractivity contribution in [3.63, 3.8) is 0 Å². The van der Waals surface area contributed by atoms with Crippen LogP contribution in [0.15, 0.2) is 29.3 Å². The molecule has 24 heavy (non-hydrogen) atoms. The van der Waals surface area contributed by atoms with Gasteiger partial charge in [0.25, 0.3) is 0 Å². The van der Waals surface area contributed by atoms with Crippen LogP contribution >= 0.6 is 0 Å². The predicted molar refractivity (Wildman–Crippen MR) is 101 cm³/mol. The molecule has 1 heterocycles. The van der Waals surface area contributed by atoms with Crippen molar-refractivity contribution < 1.29 is 0 Å². The summed E-state index contributed by atoms with van der Waals surface area (Å²) in [7, 11) is 6.12. The van der Waals surface area contributed by atoms with Crippen molar-refractivity contribution in [2.75, 3.05) is 34.2 Å². The van der Waals surface area contributed by atoms with Crippen LogP contribution in [0.5, 0.6) is 0 Å². The van der Waals surface area contributed by atoms with E-state index in [4.69, 9.17) is 0 Å². The topological polar surface area (TPSA) is 30.9 Å². The van der Waals surface area contributed by atoms with Crippen LogP contribution in [0.4, 0.5) is 0 Å². The van der Waals surface area contributed by atoms with Crippen LogP contribution in [0, 0.1) is 11.8 Å². The lowest BCUT2D eigenvalue weighted by Gasteiger charge is -2.22. The zero-order valence-corrected chi connectivity index (χ0v) is 15.5. The Labute approximate surface area is 146 Å². The summed E-state index contributed by atoms with van der Waals surface area (Å²) in [5.41, 5.74) is 2.67. The Kier molecular flexibility index (Phi) is 5.77. The Morgan fingerprint density at radius 2 is 1.67 bits per heavy atom. The number of nitrogens with zero attached hydrogens (tertiary/aromatic N) is 3. The Morgan fingerprint density at radius 3 is 2.21 bits per heavy atom. The van der Waals surface area contributed by atoms with Gasteiger partial charge >= 0.3 is 0 Å². The van der Waals surface area contributed by atoms with Crippen LogP contribution < -0.4 is 5.32 Å². The molecule has 132 valence electrons. The maximum atomic E-state index is 4.52. The Balaban J connectivity index is 1.53. The normalized spacial score (nSPS) is 24.3. The number of likely N-dealkylation sites (tertiary alicyclic amines) is 1. The van der Waals surface area contributed by atoms with Crippen molar-refractivity contribution in [1.82, 2.24) is 15.1 Å². The second-order valence-corrected chi connectivity index (χ2v) is 7.66. The molecule has 4 nitrogen and oxygen atoms in total. The number of benzene rings is 1. The molecule has 1 aliphatic heterocycles. The fourth-order valence-electron chi connectivity index (χ4n) is 4.22. The van der Waals surface area contributed by atoms with Crippen LogP contribution in [0.1, 0.15) is 36.8 Å². The summed E-state index contributed by atoms with van der Waals surface area (Å²) in [6.45, 7) is 4.21. The Bertz CT molecular complexity index is 535. The first kappa shape index (κ1) is 17.3. The molecule has 2 atom stereocenters. The second-order valence-electron chi connectivity index (χ2n) is 7.66. The SMILES string of the molecule is CN=C(NCc1ccc(CN(C)C)cc1)N1CC2CCCCC2C1. The van der Waals surface area contributed by atoms with Crippen LogP contribution in [0.3, 0.4) is 0 Å². The van der Waals surface area contributed by atoms with Gasteiger partial charge in [-0.05, 0) is 49.9 Å². The van der Waals surface area contributed by atoms with E-state index in [1.54, 1.807) is 0 Å². The molecular weight excluding hydrogens is 296 g/mol. The van der Waals surface area contributed by atoms with Crippen molar-refractivity contribution in [3.8, 4) is 0 Å². The number of rotatable bonds is 4. The molecule has 2 fully saturated rings. The number of nitrogens with one attached hydrogen (secondary N) is 1. The van der Waals surface area contributed by atoms with Gasteiger partial charge in [0.15, 0.2) is 5.96 Å². The minimum atomic E-state index is 0.848.